The molecule has 2 aromatic carbocycles. The molecule has 1 fully saturated rings. The molecule has 0 atom stereocenters. The number of hydrogen-bond acceptors (Lipinski definition) is 3. The van der Waals surface area contributed by atoms with Gasteiger partial charge in [0, 0.05) is 16.5 Å². The van der Waals surface area contributed by atoms with E-state index in [1.807, 2.05) is 30.3 Å². The van der Waals surface area contributed by atoms with E-state index in [1.54, 1.807) is 11.7 Å². The fourth-order valence-electron chi connectivity index (χ4n) is 5.05. The van der Waals surface area contributed by atoms with E-state index in [-0.39, 0.29) is 11.0 Å². The Labute approximate surface area is 168 Å². The SMILES string of the molecule is COc1ccc(-n2c(=S)[nH]c3c(c2=O)C2(CCCC2)Cc2ccccc2-3)cc1. The molecule has 0 amide bonds. The molecule has 0 unspecified atom stereocenters. The molecule has 5 heteroatoms. The van der Waals surface area contributed by atoms with E-state index in [1.165, 1.54) is 18.4 Å². The molecule has 0 aliphatic heterocycles. The first-order chi connectivity index (χ1) is 13.6. The van der Waals surface area contributed by atoms with Crippen molar-refractivity contribution in [1.82, 2.24) is 9.55 Å². The molecular formula is C23H22N2O2S. The maximum atomic E-state index is 13.8. The van der Waals surface area contributed by atoms with E-state index in [2.05, 4.69) is 23.2 Å². The Kier molecular flexibility index (Phi) is 4.02. The summed E-state index contributed by atoms with van der Waals surface area (Å²) < 4.78 is 7.32. The second-order valence-electron chi connectivity index (χ2n) is 7.84. The maximum Gasteiger partial charge on any atom is 0.263 e. The van der Waals surface area contributed by atoms with Crippen molar-refractivity contribution in [2.45, 2.75) is 37.5 Å². The number of H-pyrrole nitrogens is 1. The van der Waals surface area contributed by atoms with Crippen LogP contribution in [-0.4, -0.2) is 16.7 Å². The molecule has 0 radical (unpaired) electrons. The van der Waals surface area contributed by atoms with Gasteiger partial charge in [-0.1, -0.05) is 37.1 Å². The molecule has 5 rings (SSSR count). The molecule has 3 aromatic rings. The van der Waals surface area contributed by atoms with Gasteiger partial charge >= 0.3 is 0 Å². The van der Waals surface area contributed by atoms with Crippen LogP contribution in [0.2, 0.25) is 0 Å². The van der Waals surface area contributed by atoms with Gasteiger partial charge in [-0.2, -0.15) is 0 Å². The van der Waals surface area contributed by atoms with Crippen LogP contribution in [0.5, 0.6) is 5.75 Å². The Bertz CT molecular complexity index is 1170. The van der Waals surface area contributed by atoms with Crippen molar-refractivity contribution in [3.8, 4) is 22.7 Å². The van der Waals surface area contributed by atoms with Crippen LogP contribution in [0.4, 0.5) is 0 Å². The fourth-order valence-corrected chi connectivity index (χ4v) is 5.34. The predicted octanol–water partition coefficient (Wildman–Crippen LogP) is 4.94. The van der Waals surface area contributed by atoms with Crippen LogP contribution in [0.1, 0.15) is 36.8 Å². The van der Waals surface area contributed by atoms with Crippen molar-refractivity contribution in [1.29, 1.82) is 0 Å². The highest BCUT2D eigenvalue weighted by Gasteiger charge is 2.44. The van der Waals surface area contributed by atoms with Crippen molar-refractivity contribution >= 4 is 12.2 Å². The highest BCUT2D eigenvalue weighted by atomic mass is 32.1. The lowest BCUT2D eigenvalue weighted by Crippen LogP contribution is -2.39. The van der Waals surface area contributed by atoms with Crippen LogP contribution in [-0.2, 0) is 11.8 Å². The van der Waals surface area contributed by atoms with Gasteiger partial charge in [-0.3, -0.25) is 9.36 Å². The molecule has 2 aliphatic carbocycles. The zero-order valence-electron chi connectivity index (χ0n) is 15.8. The molecule has 142 valence electrons. The largest absolute Gasteiger partial charge is 0.497 e. The van der Waals surface area contributed by atoms with Gasteiger partial charge in [0.1, 0.15) is 5.75 Å². The minimum atomic E-state index is -0.0888. The van der Waals surface area contributed by atoms with Gasteiger partial charge in [0.05, 0.1) is 18.5 Å². The Hall–Kier alpha value is -2.66. The molecule has 0 saturated heterocycles. The average molecular weight is 391 g/mol. The zero-order chi connectivity index (χ0) is 19.3. The minimum Gasteiger partial charge on any atom is -0.497 e. The van der Waals surface area contributed by atoms with E-state index < -0.39 is 0 Å². The van der Waals surface area contributed by atoms with Crippen LogP contribution in [0.3, 0.4) is 0 Å². The molecule has 0 bridgehead atoms. The molecule has 1 heterocycles. The number of aromatic nitrogens is 2. The molecular weight excluding hydrogens is 368 g/mol. The molecule has 1 N–H and O–H groups in total. The summed E-state index contributed by atoms with van der Waals surface area (Å²) in [6, 6.07) is 15.9. The van der Waals surface area contributed by atoms with Gasteiger partial charge < -0.3 is 9.72 Å². The summed E-state index contributed by atoms with van der Waals surface area (Å²) in [5.74, 6) is 0.755. The number of nitrogens with zero attached hydrogens (tertiary/aromatic N) is 1. The van der Waals surface area contributed by atoms with Crippen LogP contribution in [0.25, 0.3) is 16.9 Å². The number of hydrogen-bond donors (Lipinski definition) is 1. The Morgan fingerprint density at radius 1 is 1.07 bits per heavy atom. The highest BCUT2D eigenvalue weighted by Crippen LogP contribution is 2.49. The number of aromatic amines is 1. The molecule has 1 spiro atoms. The Balaban J connectivity index is 1.81. The first-order valence-electron chi connectivity index (χ1n) is 9.75. The topological polar surface area (TPSA) is 47.0 Å². The Morgan fingerprint density at radius 3 is 2.50 bits per heavy atom. The van der Waals surface area contributed by atoms with E-state index in [4.69, 9.17) is 17.0 Å². The summed E-state index contributed by atoms with van der Waals surface area (Å²) in [7, 11) is 1.63. The number of nitrogens with one attached hydrogen (secondary N) is 1. The van der Waals surface area contributed by atoms with Gasteiger partial charge in [0.25, 0.3) is 5.56 Å². The molecule has 2 aliphatic rings. The van der Waals surface area contributed by atoms with Gasteiger partial charge in [-0.25, -0.2) is 0 Å². The lowest BCUT2D eigenvalue weighted by atomic mass is 9.68. The van der Waals surface area contributed by atoms with Crippen LogP contribution in [0, 0.1) is 4.77 Å². The third-order valence-electron chi connectivity index (χ3n) is 6.34. The summed E-state index contributed by atoms with van der Waals surface area (Å²) in [5.41, 5.74) is 4.94. The summed E-state index contributed by atoms with van der Waals surface area (Å²) in [5, 5.41) is 0. The van der Waals surface area contributed by atoms with Crippen molar-refractivity contribution < 1.29 is 4.74 Å². The summed E-state index contributed by atoms with van der Waals surface area (Å²) in [6.07, 6.45) is 5.37. The Morgan fingerprint density at radius 2 is 1.79 bits per heavy atom. The van der Waals surface area contributed by atoms with Crippen molar-refractivity contribution in [3.63, 3.8) is 0 Å². The zero-order valence-corrected chi connectivity index (χ0v) is 16.6. The van der Waals surface area contributed by atoms with Crippen molar-refractivity contribution in [3.05, 3.63) is 74.8 Å². The lowest BCUT2D eigenvalue weighted by Gasteiger charge is -2.36. The van der Waals surface area contributed by atoms with E-state index in [0.717, 1.165) is 47.5 Å². The smallest absolute Gasteiger partial charge is 0.263 e. The fraction of sp³-hybridized carbons (Fsp3) is 0.304. The third kappa shape index (κ3) is 2.49. The van der Waals surface area contributed by atoms with Crippen LogP contribution < -0.4 is 10.3 Å². The second kappa shape index (κ2) is 6.45. The highest BCUT2D eigenvalue weighted by molar-refractivity contribution is 7.71. The molecule has 4 nitrogen and oxygen atoms in total. The third-order valence-corrected chi connectivity index (χ3v) is 6.62. The summed E-state index contributed by atoms with van der Waals surface area (Å²) >= 11 is 5.64. The molecule has 1 saturated carbocycles. The summed E-state index contributed by atoms with van der Waals surface area (Å²) in [4.78, 5) is 17.2. The second-order valence-corrected chi connectivity index (χ2v) is 8.23. The maximum absolute atomic E-state index is 13.8. The molecule has 1 aromatic heterocycles. The average Bonchev–Trinajstić information content (AvgIpc) is 3.16. The summed E-state index contributed by atoms with van der Waals surface area (Å²) in [6.45, 7) is 0. The minimum absolute atomic E-state index is 0.0142. The van der Waals surface area contributed by atoms with Gasteiger partial charge in [0.2, 0.25) is 0 Å². The van der Waals surface area contributed by atoms with Crippen LogP contribution >= 0.6 is 12.2 Å². The van der Waals surface area contributed by atoms with Gasteiger partial charge in [-0.05, 0) is 61.3 Å². The predicted molar refractivity (Wildman–Crippen MR) is 113 cm³/mol. The van der Waals surface area contributed by atoms with E-state index in [9.17, 15) is 4.79 Å². The van der Waals surface area contributed by atoms with Crippen molar-refractivity contribution in [2.24, 2.45) is 0 Å². The van der Waals surface area contributed by atoms with Crippen molar-refractivity contribution in [2.75, 3.05) is 7.11 Å². The number of rotatable bonds is 2. The van der Waals surface area contributed by atoms with E-state index >= 15 is 0 Å². The lowest BCUT2D eigenvalue weighted by molar-refractivity contribution is 0.414. The van der Waals surface area contributed by atoms with Gasteiger partial charge in [-0.15, -0.1) is 0 Å². The standard InChI is InChI=1S/C23H22N2O2S/c1-27-17-10-8-16(9-11-17)25-21(26)19-20(24-22(25)28)18-7-3-2-6-15(18)14-23(19)12-4-5-13-23/h2-3,6-11H,4-5,12-14H2,1H3,(H,24,28). The van der Waals surface area contributed by atoms with Crippen LogP contribution in [0.15, 0.2) is 53.3 Å². The van der Waals surface area contributed by atoms with Gasteiger partial charge in [0.15, 0.2) is 4.77 Å². The first kappa shape index (κ1) is 17.4. The number of benzene rings is 2. The molecule has 28 heavy (non-hydrogen) atoms. The first-order valence-corrected chi connectivity index (χ1v) is 10.2. The number of methoxy groups -OCH3 is 1. The monoisotopic (exact) mass is 390 g/mol. The van der Waals surface area contributed by atoms with E-state index in [0.29, 0.717) is 4.77 Å². The number of fused-ring (bicyclic) bond motifs is 4. The number of ether oxygens (including phenoxy) is 1. The normalized spacial score (nSPS) is 16.6. The quantitative estimate of drug-likeness (QED) is 0.631.